The number of guanidine groups is 1. The molecular weight excluding hydrogens is 467 g/mol. The fourth-order valence-corrected chi connectivity index (χ4v) is 4.55. The Labute approximate surface area is 184 Å². The Hall–Kier alpha value is -1.35. The number of halogens is 1. The highest BCUT2D eigenvalue weighted by Crippen LogP contribution is 2.38. The molecular formula is C21H31IN4O2. The molecule has 28 heavy (non-hydrogen) atoms. The first kappa shape index (κ1) is 21.4. The fraction of sp³-hybridized carbons (Fsp3) is 0.619. The smallest absolute Gasteiger partial charge is 0.222 e. The molecule has 1 aromatic rings. The number of nitrogens with zero attached hydrogens (tertiary/aromatic N) is 3. The lowest BCUT2D eigenvalue weighted by molar-refractivity contribution is -0.128. The third-order valence-electron chi connectivity index (χ3n) is 6.22. The standard InChI is InChI=1S/C21H30N4O2.HI/c1-22-20(25-11-8-21(15-25)9-12-27-16-21)23-13-17-5-2-3-6-18(17)14-24-10-4-7-19(24)26;/h2-3,5-6H,4,7-16H2,1H3,(H,22,23);1H. The van der Waals surface area contributed by atoms with Gasteiger partial charge < -0.3 is 19.9 Å². The Morgan fingerprint density at radius 3 is 2.75 bits per heavy atom. The Bertz CT molecular complexity index is 718. The van der Waals surface area contributed by atoms with Crippen LogP contribution in [0.15, 0.2) is 29.3 Å². The van der Waals surface area contributed by atoms with Crippen LogP contribution in [-0.2, 0) is 22.6 Å². The summed E-state index contributed by atoms with van der Waals surface area (Å²) in [4.78, 5) is 20.8. The number of nitrogens with one attached hydrogen (secondary N) is 1. The number of likely N-dealkylation sites (tertiary alicyclic amines) is 2. The molecule has 3 aliphatic rings. The number of rotatable bonds is 4. The average molecular weight is 498 g/mol. The van der Waals surface area contributed by atoms with E-state index in [0.29, 0.717) is 18.4 Å². The Kier molecular flexibility index (Phi) is 7.20. The van der Waals surface area contributed by atoms with Crippen LogP contribution in [0.2, 0.25) is 0 Å². The van der Waals surface area contributed by atoms with Crippen LogP contribution in [0, 0.1) is 5.41 Å². The van der Waals surface area contributed by atoms with Crippen molar-refractivity contribution in [2.24, 2.45) is 10.4 Å². The molecule has 0 radical (unpaired) electrons. The Morgan fingerprint density at radius 1 is 1.25 bits per heavy atom. The summed E-state index contributed by atoms with van der Waals surface area (Å²) >= 11 is 0. The lowest BCUT2D eigenvalue weighted by Gasteiger charge is -2.25. The highest BCUT2D eigenvalue weighted by molar-refractivity contribution is 14.0. The summed E-state index contributed by atoms with van der Waals surface area (Å²) in [5, 5.41) is 3.54. The molecule has 1 spiro atoms. The number of ether oxygens (including phenoxy) is 1. The van der Waals surface area contributed by atoms with Gasteiger partial charge in [-0.15, -0.1) is 24.0 Å². The van der Waals surface area contributed by atoms with Crippen molar-refractivity contribution in [1.82, 2.24) is 15.1 Å². The van der Waals surface area contributed by atoms with Crippen molar-refractivity contribution in [1.29, 1.82) is 0 Å². The highest BCUT2D eigenvalue weighted by atomic mass is 127. The van der Waals surface area contributed by atoms with Gasteiger partial charge in [-0.2, -0.15) is 0 Å². The monoisotopic (exact) mass is 498 g/mol. The molecule has 3 saturated heterocycles. The van der Waals surface area contributed by atoms with Crippen LogP contribution in [0.4, 0.5) is 0 Å². The maximum Gasteiger partial charge on any atom is 0.222 e. The van der Waals surface area contributed by atoms with E-state index >= 15 is 0 Å². The molecule has 0 bridgehead atoms. The summed E-state index contributed by atoms with van der Waals surface area (Å²) in [5.41, 5.74) is 2.78. The first-order valence-electron chi connectivity index (χ1n) is 10.1. The zero-order chi connectivity index (χ0) is 18.7. The molecule has 3 aliphatic heterocycles. The van der Waals surface area contributed by atoms with Gasteiger partial charge >= 0.3 is 0 Å². The molecule has 3 fully saturated rings. The molecule has 1 N–H and O–H groups in total. The number of carbonyl (C=O) groups excluding carboxylic acids is 1. The molecule has 1 amide bonds. The zero-order valence-electron chi connectivity index (χ0n) is 16.7. The molecule has 4 rings (SSSR count). The van der Waals surface area contributed by atoms with E-state index in [1.165, 1.54) is 17.5 Å². The zero-order valence-corrected chi connectivity index (χ0v) is 19.0. The molecule has 7 heteroatoms. The highest BCUT2D eigenvalue weighted by Gasteiger charge is 2.42. The van der Waals surface area contributed by atoms with Gasteiger partial charge in [-0.1, -0.05) is 24.3 Å². The van der Waals surface area contributed by atoms with Crippen molar-refractivity contribution in [3.8, 4) is 0 Å². The van der Waals surface area contributed by atoms with Gasteiger partial charge in [-0.3, -0.25) is 9.79 Å². The molecule has 6 nitrogen and oxygen atoms in total. The number of hydrogen-bond donors (Lipinski definition) is 1. The second-order valence-electron chi connectivity index (χ2n) is 8.06. The number of carbonyl (C=O) groups is 1. The van der Waals surface area contributed by atoms with E-state index in [9.17, 15) is 4.79 Å². The number of aliphatic imine (C=N–C) groups is 1. The third kappa shape index (κ3) is 4.62. The predicted molar refractivity (Wildman–Crippen MR) is 121 cm³/mol. The van der Waals surface area contributed by atoms with E-state index in [1.54, 1.807) is 0 Å². The maximum absolute atomic E-state index is 12.0. The lowest BCUT2D eigenvalue weighted by Crippen LogP contribution is -2.41. The van der Waals surface area contributed by atoms with Crippen LogP contribution in [0.25, 0.3) is 0 Å². The summed E-state index contributed by atoms with van der Waals surface area (Å²) in [5.74, 6) is 1.24. The van der Waals surface area contributed by atoms with Crippen molar-refractivity contribution in [3.63, 3.8) is 0 Å². The number of amides is 1. The quantitative estimate of drug-likeness (QED) is 0.394. The normalized spacial score (nSPS) is 24.9. The summed E-state index contributed by atoms with van der Waals surface area (Å²) < 4.78 is 5.64. The van der Waals surface area contributed by atoms with Crippen LogP contribution in [0.1, 0.15) is 36.8 Å². The van der Waals surface area contributed by atoms with Crippen LogP contribution < -0.4 is 5.32 Å². The molecule has 3 heterocycles. The van der Waals surface area contributed by atoms with Crippen molar-refractivity contribution in [2.75, 3.05) is 39.9 Å². The predicted octanol–water partition coefficient (Wildman–Crippen LogP) is 2.61. The minimum Gasteiger partial charge on any atom is -0.381 e. The molecule has 0 saturated carbocycles. The van der Waals surface area contributed by atoms with Crippen molar-refractivity contribution >= 4 is 35.8 Å². The van der Waals surface area contributed by atoms with Crippen molar-refractivity contribution < 1.29 is 9.53 Å². The third-order valence-corrected chi connectivity index (χ3v) is 6.22. The van der Waals surface area contributed by atoms with E-state index in [4.69, 9.17) is 4.74 Å². The largest absolute Gasteiger partial charge is 0.381 e. The average Bonchev–Trinajstić information content (AvgIpc) is 3.41. The number of hydrogen-bond acceptors (Lipinski definition) is 3. The van der Waals surface area contributed by atoms with Crippen LogP contribution in [0.3, 0.4) is 0 Å². The van der Waals surface area contributed by atoms with E-state index in [2.05, 4.69) is 39.5 Å². The van der Waals surface area contributed by atoms with Gasteiger partial charge in [-0.05, 0) is 30.4 Å². The fourth-order valence-electron chi connectivity index (χ4n) is 4.55. The lowest BCUT2D eigenvalue weighted by atomic mass is 9.87. The summed E-state index contributed by atoms with van der Waals surface area (Å²) in [6.45, 7) is 6.14. The van der Waals surface area contributed by atoms with Gasteiger partial charge in [-0.25, -0.2) is 0 Å². The van der Waals surface area contributed by atoms with Gasteiger partial charge in [0.25, 0.3) is 0 Å². The summed E-state index contributed by atoms with van der Waals surface area (Å²) in [7, 11) is 1.85. The van der Waals surface area contributed by atoms with Crippen LogP contribution >= 0.6 is 24.0 Å². The summed E-state index contributed by atoms with van der Waals surface area (Å²) in [6.07, 6.45) is 4.01. The van der Waals surface area contributed by atoms with Gasteiger partial charge in [0.15, 0.2) is 5.96 Å². The minimum atomic E-state index is 0. The molecule has 1 aromatic carbocycles. The second-order valence-corrected chi connectivity index (χ2v) is 8.06. The van der Waals surface area contributed by atoms with Gasteiger partial charge in [0, 0.05) is 58.2 Å². The van der Waals surface area contributed by atoms with Crippen molar-refractivity contribution in [2.45, 2.75) is 38.8 Å². The molecule has 0 aromatic heterocycles. The van der Waals surface area contributed by atoms with E-state index in [-0.39, 0.29) is 29.9 Å². The Balaban J connectivity index is 0.00000225. The van der Waals surface area contributed by atoms with Gasteiger partial charge in [0.05, 0.1) is 6.61 Å². The first-order chi connectivity index (χ1) is 13.2. The van der Waals surface area contributed by atoms with E-state index < -0.39 is 0 Å². The topological polar surface area (TPSA) is 57.2 Å². The van der Waals surface area contributed by atoms with Gasteiger partial charge in [0.1, 0.15) is 0 Å². The number of benzene rings is 1. The SMILES string of the molecule is CN=C(NCc1ccccc1CN1CCCC1=O)N1CCC2(CCOC2)C1.I. The van der Waals surface area contributed by atoms with E-state index in [0.717, 1.165) is 58.2 Å². The summed E-state index contributed by atoms with van der Waals surface area (Å²) in [6, 6.07) is 8.40. The minimum absolute atomic E-state index is 0. The van der Waals surface area contributed by atoms with E-state index in [1.807, 2.05) is 11.9 Å². The molecule has 154 valence electrons. The van der Waals surface area contributed by atoms with Crippen molar-refractivity contribution in [3.05, 3.63) is 35.4 Å². The van der Waals surface area contributed by atoms with Crippen LogP contribution in [0.5, 0.6) is 0 Å². The molecule has 0 aliphatic carbocycles. The Morgan fingerprint density at radius 2 is 2.07 bits per heavy atom. The second kappa shape index (κ2) is 9.43. The molecule has 1 atom stereocenters. The van der Waals surface area contributed by atoms with Crippen LogP contribution in [-0.4, -0.2) is 61.6 Å². The van der Waals surface area contributed by atoms with Gasteiger partial charge in [0.2, 0.25) is 5.91 Å². The maximum atomic E-state index is 12.0. The molecule has 1 unspecified atom stereocenters. The first-order valence-corrected chi connectivity index (χ1v) is 10.1.